The van der Waals surface area contributed by atoms with E-state index in [9.17, 15) is 4.79 Å². The van der Waals surface area contributed by atoms with E-state index in [0.29, 0.717) is 11.3 Å². The van der Waals surface area contributed by atoms with Crippen molar-refractivity contribution in [3.05, 3.63) is 35.4 Å². The second-order valence-corrected chi connectivity index (χ2v) is 7.58. The van der Waals surface area contributed by atoms with E-state index in [1.807, 2.05) is 12.6 Å². The molecule has 2 aliphatic rings. The molecule has 0 aliphatic carbocycles. The maximum absolute atomic E-state index is 12.4. The average Bonchev–Trinajstić information content (AvgIpc) is 3.15. The molecule has 0 radical (unpaired) electrons. The molecule has 2 aliphatic heterocycles. The highest BCUT2D eigenvalue weighted by Gasteiger charge is 2.28. The van der Waals surface area contributed by atoms with Crippen LogP contribution in [0.25, 0.3) is 0 Å². The third-order valence-corrected chi connectivity index (χ3v) is 6.09. The van der Waals surface area contributed by atoms with Gasteiger partial charge >= 0.3 is 0 Å². The van der Waals surface area contributed by atoms with E-state index >= 15 is 0 Å². The van der Waals surface area contributed by atoms with Crippen molar-refractivity contribution in [3.63, 3.8) is 0 Å². The lowest BCUT2D eigenvalue weighted by Gasteiger charge is -2.22. The van der Waals surface area contributed by atoms with Crippen LogP contribution in [0.1, 0.15) is 49.1 Å². The van der Waals surface area contributed by atoms with Crippen molar-refractivity contribution in [1.82, 2.24) is 10.2 Å². The topological polar surface area (TPSA) is 44.7 Å². The van der Waals surface area contributed by atoms with Gasteiger partial charge in [0.1, 0.15) is 0 Å². The molecule has 0 saturated carbocycles. The third kappa shape index (κ3) is 3.61. The molecule has 5 heteroatoms. The Morgan fingerprint density at radius 3 is 2.70 bits per heavy atom. The molecule has 0 bridgehead atoms. The molecular formula is C18H25N3OS. The van der Waals surface area contributed by atoms with Crippen molar-refractivity contribution in [1.29, 1.82) is 0 Å². The Kier molecular flexibility index (Phi) is 5.07. The van der Waals surface area contributed by atoms with Crippen molar-refractivity contribution < 1.29 is 4.79 Å². The summed E-state index contributed by atoms with van der Waals surface area (Å²) >= 11 is 1.78. The summed E-state index contributed by atoms with van der Waals surface area (Å²) in [6.07, 6.45) is 2.07. The zero-order valence-electron chi connectivity index (χ0n) is 14.0. The first kappa shape index (κ1) is 16.5. The molecule has 3 rings (SSSR count). The summed E-state index contributed by atoms with van der Waals surface area (Å²) < 4.78 is 0. The number of carbonyl (C=O) groups excluding carboxylic acids is 1. The number of nitrogens with zero attached hydrogens (tertiary/aromatic N) is 2. The van der Waals surface area contributed by atoms with Crippen LogP contribution in [0.15, 0.2) is 29.3 Å². The van der Waals surface area contributed by atoms with Crippen LogP contribution in [0.4, 0.5) is 0 Å². The molecule has 23 heavy (non-hydrogen) atoms. The number of amides is 1. The van der Waals surface area contributed by atoms with Crippen LogP contribution in [0, 0.1) is 0 Å². The summed E-state index contributed by atoms with van der Waals surface area (Å²) in [5.41, 5.74) is 4.40. The van der Waals surface area contributed by atoms with E-state index in [2.05, 4.69) is 53.3 Å². The van der Waals surface area contributed by atoms with Crippen LogP contribution in [0.3, 0.4) is 0 Å². The smallest absolute Gasteiger partial charge is 0.237 e. The predicted octanol–water partition coefficient (Wildman–Crippen LogP) is 3.16. The third-order valence-electron chi connectivity index (χ3n) is 4.89. The number of benzene rings is 1. The van der Waals surface area contributed by atoms with Crippen molar-refractivity contribution in [2.75, 3.05) is 13.6 Å². The molecule has 4 nitrogen and oxygen atoms in total. The Bertz CT molecular complexity index is 586. The fourth-order valence-electron chi connectivity index (χ4n) is 3.35. The van der Waals surface area contributed by atoms with Gasteiger partial charge in [0, 0.05) is 0 Å². The number of hydrogen-bond acceptors (Lipinski definition) is 4. The Balaban J connectivity index is 1.61. The highest BCUT2D eigenvalue weighted by Crippen LogP contribution is 2.37. The lowest BCUT2D eigenvalue weighted by atomic mass is 10.0. The number of nitrogens with one attached hydrogen (secondary N) is 1. The summed E-state index contributed by atoms with van der Waals surface area (Å²) in [6, 6.07) is 9.00. The number of likely N-dealkylation sites (tertiary alicyclic amines) is 1. The summed E-state index contributed by atoms with van der Waals surface area (Å²) in [4.78, 5) is 18.9. The van der Waals surface area contributed by atoms with Gasteiger partial charge in [-0.15, -0.1) is 11.8 Å². The molecule has 1 amide bonds. The minimum Gasteiger partial charge on any atom is -0.348 e. The lowest BCUT2D eigenvalue weighted by molar-refractivity contribution is -0.125. The molecule has 1 fully saturated rings. The number of likely N-dealkylation sites (N-methyl/N-ethyl adjacent to an activating group) is 1. The minimum absolute atomic E-state index is 0.0320. The van der Waals surface area contributed by atoms with Gasteiger partial charge in [0.05, 0.1) is 28.9 Å². The predicted molar refractivity (Wildman–Crippen MR) is 96.9 cm³/mol. The van der Waals surface area contributed by atoms with E-state index in [-0.39, 0.29) is 18.0 Å². The van der Waals surface area contributed by atoms with Gasteiger partial charge in [-0.25, -0.2) is 0 Å². The van der Waals surface area contributed by atoms with Crippen LogP contribution >= 0.6 is 11.8 Å². The maximum Gasteiger partial charge on any atom is 0.237 e. The van der Waals surface area contributed by atoms with Crippen molar-refractivity contribution in [3.8, 4) is 0 Å². The molecule has 4 atom stereocenters. The van der Waals surface area contributed by atoms with Crippen molar-refractivity contribution >= 4 is 23.2 Å². The van der Waals surface area contributed by atoms with E-state index in [4.69, 9.17) is 0 Å². The van der Waals surface area contributed by atoms with Crippen molar-refractivity contribution in [2.24, 2.45) is 4.99 Å². The van der Waals surface area contributed by atoms with Crippen LogP contribution in [0.2, 0.25) is 0 Å². The fraction of sp³-hybridized carbons (Fsp3) is 0.556. The molecule has 0 spiro atoms. The molecule has 4 unspecified atom stereocenters. The van der Waals surface area contributed by atoms with E-state index in [0.717, 1.165) is 24.9 Å². The van der Waals surface area contributed by atoms with E-state index < -0.39 is 0 Å². The van der Waals surface area contributed by atoms with Crippen LogP contribution < -0.4 is 5.32 Å². The first-order chi connectivity index (χ1) is 11.1. The van der Waals surface area contributed by atoms with Crippen molar-refractivity contribution in [2.45, 2.75) is 50.1 Å². The maximum atomic E-state index is 12.4. The molecule has 1 N–H and O–H groups in total. The van der Waals surface area contributed by atoms with Gasteiger partial charge in [0.25, 0.3) is 0 Å². The largest absolute Gasteiger partial charge is 0.348 e. The molecule has 124 valence electrons. The zero-order chi connectivity index (χ0) is 16.4. The van der Waals surface area contributed by atoms with Gasteiger partial charge < -0.3 is 5.32 Å². The van der Waals surface area contributed by atoms with Gasteiger partial charge in [-0.1, -0.05) is 24.3 Å². The zero-order valence-corrected chi connectivity index (χ0v) is 14.8. The summed E-state index contributed by atoms with van der Waals surface area (Å²) in [5.74, 6) is 0.148. The van der Waals surface area contributed by atoms with Gasteiger partial charge in [-0.2, -0.15) is 0 Å². The van der Waals surface area contributed by atoms with Crippen LogP contribution in [-0.2, 0) is 4.79 Å². The second kappa shape index (κ2) is 7.05. The number of hydrogen-bond donors (Lipinski definition) is 1. The molecule has 0 aromatic heterocycles. The van der Waals surface area contributed by atoms with Gasteiger partial charge in [-0.3, -0.25) is 14.7 Å². The molecule has 2 heterocycles. The Hall–Kier alpha value is -1.33. The number of thioether (sulfide) groups is 1. The second-order valence-electron chi connectivity index (χ2n) is 6.59. The van der Waals surface area contributed by atoms with Gasteiger partial charge in [0.2, 0.25) is 5.91 Å². The Labute approximate surface area is 142 Å². The number of carbonyl (C=O) groups is 1. The SMILES string of the molecule is CC(NC(=O)C1CCCN1C)c1ccc(C2SC=NC2C)cc1. The Morgan fingerprint density at radius 2 is 2.13 bits per heavy atom. The van der Waals surface area contributed by atoms with Crippen LogP contribution in [-0.4, -0.2) is 42.0 Å². The highest BCUT2D eigenvalue weighted by molar-refractivity contribution is 8.12. The van der Waals surface area contributed by atoms with Gasteiger partial charge in [0.15, 0.2) is 0 Å². The number of aliphatic imine (C=N–C) groups is 1. The number of rotatable bonds is 4. The highest BCUT2D eigenvalue weighted by atomic mass is 32.2. The Morgan fingerprint density at radius 1 is 1.39 bits per heavy atom. The molecular weight excluding hydrogens is 306 g/mol. The fourth-order valence-corrected chi connectivity index (χ4v) is 4.36. The summed E-state index contributed by atoms with van der Waals surface area (Å²) in [7, 11) is 2.03. The first-order valence-corrected chi connectivity index (χ1v) is 9.28. The summed E-state index contributed by atoms with van der Waals surface area (Å²) in [5, 5.41) is 3.57. The molecule has 1 saturated heterocycles. The average molecular weight is 331 g/mol. The van der Waals surface area contributed by atoms with Crippen LogP contribution in [0.5, 0.6) is 0 Å². The van der Waals surface area contributed by atoms with Gasteiger partial charge in [-0.05, 0) is 51.4 Å². The lowest BCUT2D eigenvalue weighted by Crippen LogP contribution is -2.42. The first-order valence-electron chi connectivity index (χ1n) is 8.34. The molecule has 1 aromatic rings. The van der Waals surface area contributed by atoms with E-state index in [1.54, 1.807) is 11.8 Å². The minimum atomic E-state index is 0.0320. The normalized spacial score (nSPS) is 28.9. The summed E-state index contributed by atoms with van der Waals surface area (Å²) in [6.45, 7) is 5.22. The molecule has 1 aromatic carbocycles. The van der Waals surface area contributed by atoms with E-state index in [1.165, 1.54) is 5.56 Å². The standard InChI is InChI=1S/C18H25N3OS/c1-12(20-18(22)16-5-4-10-21(16)3)14-6-8-15(9-7-14)17-13(2)19-11-23-17/h6-9,11-13,16-17H,4-5,10H2,1-3H3,(H,20,22). The quantitative estimate of drug-likeness (QED) is 0.922. The monoisotopic (exact) mass is 331 g/mol.